The fourth-order valence-corrected chi connectivity index (χ4v) is 0.903. The van der Waals surface area contributed by atoms with Crippen LogP contribution in [0.5, 0.6) is 0 Å². The van der Waals surface area contributed by atoms with Crippen LogP contribution >= 0.6 is 0 Å². The molecule has 0 radical (unpaired) electrons. The Kier molecular flexibility index (Phi) is 7.48. The van der Waals surface area contributed by atoms with Crippen LogP contribution in [0.2, 0.25) is 0 Å². The van der Waals surface area contributed by atoms with Crippen LogP contribution in [0.3, 0.4) is 0 Å². The summed E-state index contributed by atoms with van der Waals surface area (Å²) in [5.41, 5.74) is 0.0552. The molecule has 0 aromatic rings. The van der Waals surface area contributed by atoms with Gasteiger partial charge in [-0.1, -0.05) is 27.4 Å². The molecule has 6 nitrogen and oxygen atoms in total. The van der Waals surface area contributed by atoms with Gasteiger partial charge in [0.2, 0.25) is 6.79 Å². The maximum Gasteiger partial charge on any atom is 0.333 e. The number of carbonyl (C=O) groups is 3. The summed E-state index contributed by atoms with van der Waals surface area (Å²) in [6.45, 7) is 8.93. The Morgan fingerprint density at radius 2 is 1.63 bits per heavy atom. The Bertz CT molecular complexity index is 340. The Hall–Kier alpha value is -1.85. The number of hydrogen-bond acceptors (Lipinski definition) is 6. The maximum atomic E-state index is 11.2. The first kappa shape index (κ1) is 17.2. The summed E-state index contributed by atoms with van der Waals surface area (Å²) in [4.78, 5) is 33.0. The minimum Gasteiger partial charge on any atom is -0.465 e. The van der Waals surface area contributed by atoms with E-state index >= 15 is 0 Å². The predicted octanol–water partition coefficient (Wildman–Crippen LogP) is 1.59. The van der Waals surface area contributed by atoms with E-state index < -0.39 is 31.1 Å². The molecule has 0 amide bonds. The molecule has 6 heteroatoms. The molecular formula is C13H20O6. The number of esters is 3. The lowest BCUT2D eigenvalue weighted by Gasteiger charge is -2.17. The first-order chi connectivity index (χ1) is 8.74. The van der Waals surface area contributed by atoms with Crippen LogP contribution in [0.1, 0.15) is 33.6 Å². The number of carbonyl (C=O) groups excluding carboxylic acids is 3. The lowest BCUT2D eigenvalue weighted by Crippen LogP contribution is -2.18. The second kappa shape index (κ2) is 8.29. The number of rotatable bonds is 7. The SMILES string of the molecule is C=CC(=O)OCOC(=O)CC(=O)OCCC(C)(C)C. The van der Waals surface area contributed by atoms with Gasteiger partial charge < -0.3 is 14.2 Å². The van der Waals surface area contributed by atoms with Crippen molar-refractivity contribution in [3.05, 3.63) is 12.7 Å². The minimum absolute atomic E-state index is 0.0552. The average Bonchev–Trinajstić information content (AvgIpc) is 2.26. The van der Waals surface area contributed by atoms with Gasteiger partial charge in [0.25, 0.3) is 0 Å². The number of hydrogen-bond donors (Lipinski definition) is 0. The zero-order chi connectivity index (χ0) is 14.9. The van der Waals surface area contributed by atoms with Crippen LogP contribution in [-0.2, 0) is 28.6 Å². The largest absolute Gasteiger partial charge is 0.465 e. The van der Waals surface area contributed by atoms with Crippen LogP contribution in [0.15, 0.2) is 12.7 Å². The van der Waals surface area contributed by atoms with Crippen molar-refractivity contribution in [3.8, 4) is 0 Å². The second-order valence-electron chi connectivity index (χ2n) is 5.01. The lowest BCUT2D eigenvalue weighted by molar-refractivity contribution is -0.166. The summed E-state index contributed by atoms with van der Waals surface area (Å²) in [5.74, 6) is -2.18. The minimum atomic E-state index is -0.808. The molecule has 0 fully saturated rings. The van der Waals surface area contributed by atoms with E-state index in [2.05, 4.69) is 16.1 Å². The fraction of sp³-hybridized carbons (Fsp3) is 0.615. The van der Waals surface area contributed by atoms with Gasteiger partial charge in [0.15, 0.2) is 0 Å². The van der Waals surface area contributed by atoms with Gasteiger partial charge in [-0.25, -0.2) is 4.79 Å². The van der Waals surface area contributed by atoms with Crippen molar-refractivity contribution in [3.63, 3.8) is 0 Å². The molecule has 0 spiro atoms. The summed E-state index contributed by atoms with van der Waals surface area (Å²) < 4.78 is 13.8. The molecule has 0 bridgehead atoms. The molecule has 0 aliphatic carbocycles. The lowest BCUT2D eigenvalue weighted by atomic mass is 9.93. The van der Waals surface area contributed by atoms with E-state index in [-0.39, 0.29) is 12.0 Å². The smallest absolute Gasteiger partial charge is 0.333 e. The Balaban J connectivity index is 3.72. The number of ether oxygens (including phenoxy) is 3. The van der Waals surface area contributed by atoms with E-state index in [1.165, 1.54) is 0 Å². The van der Waals surface area contributed by atoms with Crippen LogP contribution in [0.25, 0.3) is 0 Å². The molecule has 0 saturated heterocycles. The second-order valence-corrected chi connectivity index (χ2v) is 5.01. The summed E-state index contributed by atoms with van der Waals surface area (Å²) in [5, 5.41) is 0. The van der Waals surface area contributed by atoms with Crippen LogP contribution < -0.4 is 0 Å². The Morgan fingerprint density at radius 3 is 2.16 bits per heavy atom. The fourth-order valence-electron chi connectivity index (χ4n) is 0.903. The third kappa shape index (κ3) is 11.0. The zero-order valence-corrected chi connectivity index (χ0v) is 11.6. The normalized spacial score (nSPS) is 10.5. The van der Waals surface area contributed by atoms with Gasteiger partial charge in [0.05, 0.1) is 6.61 Å². The van der Waals surface area contributed by atoms with Gasteiger partial charge >= 0.3 is 17.9 Å². The monoisotopic (exact) mass is 272 g/mol. The van der Waals surface area contributed by atoms with Crippen molar-refractivity contribution in [2.24, 2.45) is 5.41 Å². The highest BCUT2D eigenvalue weighted by Crippen LogP contribution is 2.17. The van der Waals surface area contributed by atoms with Gasteiger partial charge in [0, 0.05) is 6.08 Å². The van der Waals surface area contributed by atoms with Gasteiger partial charge in [-0.3, -0.25) is 9.59 Å². The molecule has 0 aromatic heterocycles. The Labute approximate surface area is 112 Å². The molecular weight excluding hydrogens is 252 g/mol. The summed E-state index contributed by atoms with van der Waals surface area (Å²) in [7, 11) is 0. The van der Waals surface area contributed by atoms with Gasteiger partial charge in [-0.05, 0) is 11.8 Å². The molecule has 0 saturated carbocycles. The standard InChI is InChI=1S/C13H20O6/c1-5-10(14)18-9-19-12(16)8-11(15)17-7-6-13(2,3)4/h5H,1,6-9H2,2-4H3. The van der Waals surface area contributed by atoms with Crippen molar-refractivity contribution in [2.45, 2.75) is 33.6 Å². The highest BCUT2D eigenvalue weighted by Gasteiger charge is 2.15. The molecule has 0 unspecified atom stereocenters. The third-order valence-corrected chi connectivity index (χ3v) is 1.99. The molecule has 0 atom stereocenters. The van der Waals surface area contributed by atoms with E-state index in [1.807, 2.05) is 20.8 Å². The van der Waals surface area contributed by atoms with E-state index in [9.17, 15) is 14.4 Å². The molecule has 19 heavy (non-hydrogen) atoms. The van der Waals surface area contributed by atoms with Gasteiger partial charge in [-0.15, -0.1) is 0 Å². The maximum absolute atomic E-state index is 11.2. The van der Waals surface area contributed by atoms with Crippen molar-refractivity contribution < 1.29 is 28.6 Å². The zero-order valence-electron chi connectivity index (χ0n) is 11.6. The van der Waals surface area contributed by atoms with Crippen LogP contribution in [0, 0.1) is 5.41 Å². The average molecular weight is 272 g/mol. The van der Waals surface area contributed by atoms with E-state index in [0.29, 0.717) is 6.42 Å². The van der Waals surface area contributed by atoms with Gasteiger partial charge in [0.1, 0.15) is 6.42 Å². The van der Waals surface area contributed by atoms with Crippen molar-refractivity contribution in [2.75, 3.05) is 13.4 Å². The highest BCUT2D eigenvalue weighted by atomic mass is 16.7. The van der Waals surface area contributed by atoms with Gasteiger partial charge in [-0.2, -0.15) is 0 Å². The van der Waals surface area contributed by atoms with E-state index in [1.54, 1.807) is 0 Å². The molecule has 0 heterocycles. The van der Waals surface area contributed by atoms with Crippen molar-refractivity contribution >= 4 is 17.9 Å². The molecule has 0 aliphatic rings. The van der Waals surface area contributed by atoms with Crippen molar-refractivity contribution in [1.82, 2.24) is 0 Å². The molecule has 0 N–H and O–H groups in total. The van der Waals surface area contributed by atoms with Crippen molar-refractivity contribution in [1.29, 1.82) is 0 Å². The molecule has 0 rings (SSSR count). The summed E-state index contributed by atoms with van der Waals surface area (Å²) in [6, 6.07) is 0. The molecule has 0 aliphatic heterocycles. The molecule has 108 valence electrons. The quantitative estimate of drug-likeness (QED) is 0.303. The first-order valence-corrected chi connectivity index (χ1v) is 5.85. The van der Waals surface area contributed by atoms with E-state index in [0.717, 1.165) is 6.08 Å². The predicted molar refractivity (Wildman–Crippen MR) is 66.9 cm³/mol. The molecule has 0 aromatic carbocycles. The Morgan fingerprint density at radius 1 is 1.05 bits per heavy atom. The summed E-state index contributed by atoms with van der Waals surface area (Å²) in [6.07, 6.45) is 1.13. The third-order valence-electron chi connectivity index (χ3n) is 1.99. The van der Waals surface area contributed by atoms with E-state index in [4.69, 9.17) is 4.74 Å². The van der Waals surface area contributed by atoms with Crippen LogP contribution in [-0.4, -0.2) is 31.3 Å². The highest BCUT2D eigenvalue weighted by molar-refractivity contribution is 5.91. The summed E-state index contributed by atoms with van der Waals surface area (Å²) >= 11 is 0. The topological polar surface area (TPSA) is 78.9 Å². The first-order valence-electron chi connectivity index (χ1n) is 5.85. The van der Waals surface area contributed by atoms with Crippen LogP contribution in [0.4, 0.5) is 0 Å².